The van der Waals surface area contributed by atoms with Crippen LogP contribution in [0.25, 0.3) is 0 Å². The summed E-state index contributed by atoms with van der Waals surface area (Å²) < 4.78 is 3.92. The van der Waals surface area contributed by atoms with Crippen LogP contribution in [0.2, 0.25) is 0 Å². The number of hydrogen-bond donors (Lipinski definition) is 1. The molecule has 0 aromatic rings. The van der Waals surface area contributed by atoms with Gasteiger partial charge in [0.1, 0.15) is 0 Å². The van der Waals surface area contributed by atoms with Crippen LogP contribution in [0.1, 0.15) is 0 Å². The average molecular weight is 106 g/mol. The van der Waals surface area contributed by atoms with Gasteiger partial charge in [0, 0.05) is 11.5 Å². The maximum atomic E-state index is 3.92. The first kappa shape index (κ1) is 3.68. The Morgan fingerprint density at radius 1 is 2.00 bits per heavy atom. The van der Waals surface area contributed by atoms with Gasteiger partial charge in [-0.3, -0.25) is 0 Å². The molecular formula is C2H4NS2. The number of nitrogens with zero attached hydrogens (tertiary/aromatic N) is 1. The van der Waals surface area contributed by atoms with Gasteiger partial charge < -0.3 is 0 Å². The Morgan fingerprint density at radius 2 is 3.00 bits per heavy atom. The van der Waals surface area contributed by atoms with E-state index in [0.717, 1.165) is 17.3 Å². The average Bonchev–Trinajstić information content (AvgIpc) is 1.76. The lowest BCUT2D eigenvalue weighted by Gasteiger charge is -1.65. The summed E-state index contributed by atoms with van der Waals surface area (Å²) in [5.74, 6) is 3.24. The van der Waals surface area contributed by atoms with Crippen molar-refractivity contribution in [1.82, 2.24) is 0 Å². The summed E-state index contributed by atoms with van der Waals surface area (Å²) in [5, 5.41) is 0. The molecule has 1 aliphatic heterocycles. The molecule has 0 unspecified atom stereocenters. The van der Waals surface area contributed by atoms with Crippen LogP contribution >= 0.6 is 11.9 Å². The van der Waals surface area contributed by atoms with E-state index in [4.69, 9.17) is 0 Å². The summed E-state index contributed by atoms with van der Waals surface area (Å²) in [7, 11) is 0. The Balaban J connectivity index is 2.32. The smallest absolute Gasteiger partial charge is 0.0380 e. The Bertz CT molecular complexity index is 45.6. The molecule has 1 nitrogen and oxygen atoms in total. The van der Waals surface area contributed by atoms with Crippen molar-refractivity contribution in [1.29, 1.82) is 0 Å². The molecule has 1 radical (unpaired) electrons. The second-order valence-corrected chi connectivity index (χ2v) is 2.52. The van der Waals surface area contributed by atoms with Crippen LogP contribution in [0.3, 0.4) is 0 Å². The summed E-state index contributed by atoms with van der Waals surface area (Å²) >= 11 is 2.79. The molecule has 0 saturated heterocycles. The molecule has 0 amide bonds. The molecule has 0 N–H and O–H groups in total. The molecule has 0 fully saturated rings. The lowest BCUT2D eigenvalue weighted by Crippen LogP contribution is -1.60. The summed E-state index contributed by atoms with van der Waals surface area (Å²) in [6.07, 6.45) is 0. The van der Waals surface area contributed by atoms with Gasteiger partial charge in [-0.15, -0.1) is 0 Å². The predicted molar refractivity (Wildman–Crippen MR) is 27.9 cm³/mol. The maximum Gasteiger partial charge on any atom is 0.0380 e. The van der Waals surface area contributed by atoms with Crippen LogP contribution in [0, 0.1) is 5.75 Å². The number of rotatable bonds is 0. The van der Waals surface area contributed by atoms with E-state index < -0.39 is 0 Å². The third kappa shape index (κ3) is 0.930. The minimum absolute atomic E-state index is 1.11. The predicted octanol–water partition coefficient (Wildman–Crippen LogP) is 0.808. The standard InChI is InChI=1S/C2H4NS2/c1-2-5-3-4-1/h1,4H,2H2. The Labute approximate surface area is 39.4 Å². The molecule has 0 aliphatic carbocycles. The number of thiol groups is 1. The zero-order chi connectivity index (χ0) is 3.54. The molecule has 0 saturated carbocycles. The van der Waals surface area contributed by atoms with Crippen LogP contribution in [0.15, 0.2) is 3.77 Å². The molecule has 1 rings (SSSR count). The van der Waals surface area contributed by atoms with E-state index in [1.165, 1.54) is 0 Å². The highest BCUT2D eigenvalue weighted by atomic mass is 32.2. The third-order valence-electron chi connectivity index (χ3n) is 0.336. The summed E-state index contributed by atoms with van der Waals surface area (Å²) in [5.41, 5.74) is 0. The van der Waals surface area contributed by atoms with E-state index in [1.807, 2.05) is 0 Å². The zero-order valence-corrected chi connectivity index (χ0v) is 4.30. The van der Waals surface area contributed by atoms with Crippen molar-refractivity contribution in [2.75, 3.05) is 5.75 Å². The second-order valence-electron chi connectivity index (χ2n) is 0.675. The molecule has 0 aromatic heterocycles. The highest BCUT2D eigenvalue weighted by molar-refractivity contribution is 8.04. The topological polar surface area (TPSA) is 12.4 Å². The Hall–Kier alpha value is 0.500. The van der Waals surface area contributed by atoms with Gasteiger partial charge in [-0.25, -0.2) is 0 Å². The van der Waals surface area contributed by atoms with Gasteiger partial charge in [0.25, 0.3) is 0 Å². The van der Waals surface area contributed by atoms with Crippen molar-refractivity contribution >= 4 is 23.5 Å². The van der Waals surface area contributed by atoms with Gasteiger partial charge in [0.2, 0.25) is 0 Å². The van der Waals surface area contributed by atoms with E-state index in [0.29, 0.717) is 0 Å². The minimum Gasteiger partial charge on any atom is -0.198 e. The van der Waals surface area contributed by atoms with Crippen LogP contribution in [0.5, 0.6) is 0 Å². The molecule has 29 valence electrons. The maximum absolute atomic E-state index is 3.92. The van der Waals surface area contributed by atoms with Gasteiger partial charge >= 0.3 is 0 Å². The molecule has 1 heterocycles. The molecular weight excluding hydrogens is 102 g/mol. The quantitative estimate of drug-likeness (QED) is 0.356. The van der Waals surface area contributed by atoms with Gasteiger partial charge in [-0.1, -0.05) is 11.6 Å². The van der Waals surface area contributed by atoms with E-state index >= 15 is 0 Å². The van der Waals surface area contributed by atoms with Crippen LogP contribution in [-0.2, 0) is 11.6 Å². The fraction of sp³-hybridized carbons (Fsp3) is 0.500. The van der Waals surface area contributed by atoms with Crippen molar-refractivity contribution in [3.05, 3.63) is 5.75 Å². The molecule has 1 aliphatic rings. The lowest BCUT2D eigenvalue weighted by atomic mass is 11.0. The van der Waals surface area contributed by atoms with Crippen molar-refractivity contribution in [3.63, 3.8) is 0 Å². The summed E-state index contributed by atoms with van der Waals surface area (Å²) in [6.45, 7) is 0. The first-order valence-corrected chi connectivity index (χ1v) is 3.20. The fourth-order valence-corrected chi connectivity index (χ4v) is 1.50. The number of hydrogen-bond acceptors (Lipinski definition) is 2. The monoisotopic (exact) mass is 106 g/mol. The first-order chi connectivity index (χ1) is 2.50. The van der Waals surface area contributed by atoms with Crippen molar-refractivity contribution in [2.24, 2.45) is 3.77 Å². The summed E-state index contributed by atoms with van der Waals surface area (Å²) in [6, 6.07) is 0. The highest BCUT2D eigenvalue weighted by Crippen LogP contribution is 2.09. The van der Waals surface area contributed by atoms with Gasteiger partial charge in [0.15, 0.2) is 0 Å². The largest absolute Gasteiger partial charge is 0.198 e. The second kappa shape index (κ2) is 1.82. The van der Waals surface area contributed by atoms with Crippen LogP contribution in [-0.4, -0.2) is 5.75 Å². The molecule has 3 heteroatoms. The zero-order valence-electron chi connectivity index (χ0n) is 2.59. The molecule has 0 bridgehead atoms. The molecule has 0 spiro atoms. The normalized spacial score (nSPS) is 22.4. The Morgan fingerprint density at radius 3 is 3.20 bits per heavy atom. The lowest BCUT2D eigenvalue weighted by molar-refractivity contribution is 1.78. The van der Waals surface area contributed by atoms with Crippen LogP contribution in [0.4, 0.5) is 0 Å². The molecule has 0 aromatic carbocycles. The molecule has 0 atom stereocenters. The van der Waals surface area contributed by atoms with Crippen LogP contribution < -0.4 is 0 Å². The van der Waals surface area contributed by atoms with Gasteiger partial charge in [0.05, 0.1) is 0 Å². The van der Waals surface area contributed by atoms with E-state index in [9.17, 15) is 0 Å². The van der Waals surface area contributed by atoms with Crippen molar-refractivity contribution < 1.29 is 0 Å². The van der Waals surface area contributed by atoms with E-state index in [2.05, 4.69) is 9.52 Å². The van der Waals surface area contributed by atoms with Crippen molar-refractivity contribution in [3.8, 4) is 0 Å². The van der Waals surface area contributed by atoms with E-state index in [1.54, 1.807) is 11.9 Å². The third-order valence-corrected chi connectivity index (χ3v) is 2.08. The highest BCUT2D eigenvalue weighted by Gasteiger charge is 1.87. The van der Waals surface area contributed by atoms with Crippen molar-refractivity contribution in [2.45, 2.75) is 0 Å². The summed E-state index contributed by atoms with van der Waals surface area (Å²) in [4.78, 5) is 0. The van der Waals surface area contributed by atoms with Gasteiger partial charge in [-0.2, -0.15) is 3.77 Å². The molecule has 5 heavy (non-hydrogen) atoms. The van der Waals surface area contributed by atoms with Gasteiger partial charge in [-0.05, 0) is 11.9 Å². The fourth-order valence-electron chi connectivity index (χ4n) is 0.167. The SMILES string of the molecule is [CH]1CSN=[SH]1. The minimum atomic E-state index is 1.11. The van der Waals surface area contributed by atoms with E-state index in [-0.39, 0.29) is 0 Å². The first-order valence-electron chi connectivity index (χ1n) is 1.34. The Kier molecular flexibility index (Phi) is 1.34.